The molecular weight excluding hydrogens is 530 g/mol. The minimum absolute atomic E-state index is 0.0150. The monoisotopic (exact) mass is 551 g/mol. The third-order valence-electron chi connectivity index (χ3n) is 4.46. The van der Waals surface area contributed by atoms with Gasteiger partial charge in [0.05, 0.1) is 28.3 Å². The lowest BCUT2D eigenvalue weighted by atomic mass is 10.2. The maximum absolute atomic E-state index is 12.5. The number of sulfone groups is 1. The summed E-state index contributed by atoms with van der Waals surface area (Å²) in [4.78, 5) is 30.1. The number of hydrogen-bond acceptors (Lipinski definition) is 6. The van der Waals surface area contributed by atoms with Crippen LogP contribution < -0.4 is 10.2 Å². The van der Waals surface area contributed by atoms with E-state index in [0.717, 1.165) is 4.47 Å². The largest absolute Gasteiger partial charge is 0.444 e. The van der Waals surface area contributed by atoms with Crippen LogP contribution in [-0.2, 0) is 19.4 Å². The van der Waals surface area contributed by atoms with Crippen LogP contribution in [0, 0.1) is 0 Å². The molecule has 0 saturated carbocycles. The lowest BCUT2D eigenvalue weighted by Gasteiger charge is -2.25. The molecule has 0 aliphatic carbocycles. The topological polar surface area (TPSA) is 105 Å². The molecule has 1 aromatic carbocycles. The number of amidine groups is 1. The highest BCUT2D eigenvalue weighted by molar-refractivity contribution is 9.10. The Morgan fingerprint density at radius 1 is 1.35 bits per heavy atom. The van der Waals surface area contributed by atoms with Gasteiger partial charge in [-0.3, -0.25) is 4.79 Å². The summed E-state index contributed by atoms with van der Waals surface area (Å²) in [6, 6.07) is 4.93. The molecule has 0 aromatic heterocycles. The third kappa shape index (κ3) is 6.36. The summed E-state index contributed by atoms with van der Waals surface area (Å²) in [5.74, 6) is -0.426. The van der Waals surface area contributed by atoms with Crippen molar-refractivity contribution in [2.45, 2.75) is 44.1 Å². The SMILES string of the molecule is CC(C)(C)OC(=O)NCCC(=O)N=C1SC2CS(=O)(=O)CC2N1c1ccc(Br)cc1Cl. The second-order valence-electron chi connectivity index (χ2n) is 8.23. The van der Waals surface area contributed by atoms with E-state index in [0.29, 0.717) is 15.9 Å². The maximum Gasteiger partial charge on any atom is 0.407 e. The van der Waals surface area contributed by atoms with Crippen LogP contribution in [0.2, 0.25) is 5.02 Å². The number of hydrogen-bond donors (Lipinski definition) is 1. The van der Waals surface area contributed by atoms with Crippen molar-refractivity contribution in [3.8, 4) is 0 Å². The first-order valence-corrected chi connectivity index (χ1v) is 13.4. The summed E-state index contributed by atoms with van der Waals surface area (Å²) in [6.07, 6.45) is -0.620. The van der Waals surface area contributed by atoms with Gasteiger partial charge in [-0.2, -0.15) is 4.99 Å². The van der Waals surface area contributed by atoms with Gasteiger partial charge in [-0.1, -0.05) is 39.3 Å². The summed E-state index contributed by atoms with van der Waals surface area (Å²) in [6.45, 7) is 5.33. The number of ether oxygens (including phenoxy) is 1. The zero-order chi connectivity index (χ0) is 23.0. The normalized spacial score (nSPS) is 23.6. The summed E-state index contributed by atoms with van der Waals surface area (Å²) < 4.78 is 30.2. The average molecular weight is 553 g/mol. The van der Waals surface area contributed by atoms with E-state index >= 15 is 0 Å². The number of rotatable bonds is 4. The van der Waals surface area contributed by atoms with Crippen LogP contribution in [-0.4, -0.2) is 60.5 Å². The Morgan fingerprint density at radius 2 is 2.06 bits per heavy atom. The molecule has 2 aliphatic heterocycles. The first-order valence-electron chi connectivity index (χ1n) is 9.54. The molecule has 1 aromatic rings. The van der Waals surface area contributed by atoms with Crippen molar-refractivity contribution in [3.05, 3.63) is 27.7 Å². The van der Waals surface area contributed by atoms with Gasteiger partial charge in [0.15, 0.2) is 15.0 Å². The predicted octanol–water partition coefficient (Wildman–Crippen LogP) is 3.62. The van der Waals surface area contributed by atoms with Crippen molar-refractivity contribution in [1.29, 1.82) is 0 Å². The Morgan fingerprint density at radius 3 is 2.71 bits per heavy atom. The Hall–Kier alpha value is -1.30. The highest BCUT2D eigenvalue weighted by atomic mass is 79.9. The maximum atomic E-state index is 12.5. The number of carbonyl (C=O) groups excluding carboxylic acids is 2. The Bertz CT molecular complexity index is 1030. The minimum Gasteiger partial charge on any atom is -0.444 e. The molecule has 3 rings (SSSR count). The molecule has 8 nitrogen and oxygen atoms in total. The van der Waals surface area contributed by atoms with Gasteiger partial charge in [0, 0.05) is 22.7 Å². The zero-order valence-electron chi connectivity index (χ0n) is 17.2. The fourth-order valence-electron chi connectivity index (χ4n) is 3.27. The van der Waals surface area contributed by atoms with Gasteiger partial charge < -0.3 is 15.0 Å². The van der Waals surface area contributed by atoms with Crippen LogP contribution in [0.1, 0.15) is 27.2 Å². The Balaban J connectivity index is 1.75. The Kier molecular flexibility index (Phi) is 7.29. The number of nitrogens with zero attached hydrogens (tertiary/aromatic N) is 2. The van der Waals surface area contributed by atoms with Crippen LogP contribution in [0.5, 0.6) is 0 Å². The zero-order valence-corrected chi connectivity index (χ0v) is 21.2. The number of halogens is 2. The van der Waals surface area contributed by atoms with Crippen LogP contribution >= 0.6 is 39.3 Å². The molecule has 2 fully saturated rings. The van der Waals surface area contributed by atoms with Crippen molar-refractivity contribution >= 4 is 72.0 Å². The van der Waals surface area contributed by atoms with Crippen molar-refractivity contribution in [2.24, 2.45) is 4.99 Å². The predicted molar refractivity (Wildman–Crippen MR) is 127 cm³/mol. The molecule has 1 N–H and O–H groups in total. The molecule has 2 unspecified atom stereocenters. The van der Waals surface area contributed by atoms with Gasteiger partial charge in [-0.15, -0.1) is 0 Å². The molecule has 2 aliphatic rings. The summed E-state index contributed by atoms with van der Waals surface area (Å²) in [7, 11) is -3.17. The average Bonchev–Trinajstić information content (AvgIpc) is 3.04. The molecule has 2 amide bonds. The molecule has 170 valence electrons. The van der Waals surface area contributed by atoms with Gasteiger partial charge in [0.2, 0.25) is 5.91 Å². The number of amides is 2. The number of thioether (sulfide) groups is 1. The quantitative estimate of drug-likeness (QED) is 0.608. The van der Waals surface area contributed by atoms with E-state index in [1.807, 2.05) is 0 Å². The summed E-state index contributed by atoms with van der Waals surface area (Å²) in [5, 5.41) is 3.14. The Labute approximate surface area is 199 Å². The van der Waals surface area contributed by atoms with E-state index in [1.165, 1.54) is 11.8 Å². The fraction of sp³-hybridized carbons (Fsp3) is 0.526. The number of benzene rings is 1. The highest BCUT2D eigenvalue weighted by Gasteiger charge is 2.49. The van der Waals surface area contributed by atoms with E-state index in [9.17, 15) is 18.0 Å². The van der Waals surface area contributed by atoms with E-state index in [-0.39, 0.29) is 35.8 Å². The number of alkyl carbamates (subject to hydrolysis) is 1. The summed E-state index contributed by atoms with van der Waals surface area (Å²) >= 11 is 11.0. The number of nitrogens with one attached hydrogen (secondary N) is 1. The molecule has 0 spiro atoms. The smallest absolute Gasteiger partial charge is 0.407 e. The van der Waals surface area contributed by atoms with Crippen LogP contribution in [0.3, 0.4) is 0 Å². The van der Waals surface area contributed by atoms with Gasteiger partial charge in [0.1, 0.15) is 5.60 Å². The molecule has 2 saturated heterocycles. The molecular formula is C19H23BrClN3O5S2. The molecule has 31 heavy (non-hydrogen) atoms. The van der Waals surface area contributed by atoms with E-state index in [2.05, 4.69) is 26.2 Å². The number of aliphatic imine (C=N–C) groups is 1. The second kappa shape index (κ2) is 9.29. The first kappa shape index (κ1) is 24.3. The number of carbonyl (C=O) groups is 2. The van der Waals surface area contributed by atoms with Crippen LogP contribution in [0.25, 0.3) is 0 Å². The molecule has 12 heteroatoms. The number of fused-ring (bicyclic) bond motifs is 1. The first-order chi connectivity index (χ1) is 14.3. The van der Waals surface area contributed by atoms with Crippen molar-refractivity contribution in [2.75, 3.05) is 23.0 Å². The van der Waals surface area contributed by atoms with Gasteiger partial charge in [-0.25, -0.2) is 13.2 Å². The fourth-order valence-corrected chi connectivity index (χ4v) is 7.96. The van der Waals surface area contributed by atoms with E-state index < -0.39 is 27.4 Å². The van der Waals surface area contributed by atoms with Crippen molar-refractivity contribution in [3.63, 3.8) is 0 Å². The van der Waals surface area contributed by atoms with Crippen molar-refractivity contribution in [1.82, 2.24) is 5.32 Å². The van der Waals surface area contributed by atoms with Gasteiger partial charge in [-0.05, 0) is 39.0 Å². The molecule has 2 heterocycles. The third-order valence-corrected chi connectivity index (χ3v) is 8.47. The standard InChI is InChI=1S/C19H23BrClN3O5S2/c1-19(2,3)29-18(26)22-7-6-16(25)23-17-24(13-5-4-11(20)8-12(13)21)14-9-31(27,28)10-15(14)30-17/h4-5,8,14-15H,6-7,9-10H2,1-3H3,(H,22,26). The van der Waals surface area contributed by atoms with Crippen LogP contribution in [0.15, 0.2) is 27.7 Å². The van der Waals surface area contributed by atoms with Crippen molar-refractivity contribution < 1.29 is 22.7 Å². The molecule has 0 radical (unpaired) electrons. The molecule has 2 atom stereocenters. The molecule has 0 bridgehead atoms. The summed E-state index contributed by atoms with van der Waals surface area (Å²) in [5.41, 5.74) is -0.0300. The minimum atomic E-state index is -3.17. The second-order valence-corrected chi connectivity index (χ2v) is 12.9. The van der Waals surface area contributed by atoms with Gasteiger partial charge >= 0.3 is 6.09 Å². The van der Waals surface area contributed by atoms with E-state index in [1.54, 1.807) is 43.9 Å². The highest BCUT2D eigenvalue weighted by Crippen LogP contribution is 2.43. The van der Waals surface area contributed by atoms with Crippen LogP contribution in [0.4, 0.5) is 10.5 Å². The lowest BCUT2D eigenvalue weighted by Crippen LogP contribution is -2.38. The van der Waals surface area contributed by atoms with Gasteiger partial charge in [0.25, 0.3) is 0 Å². The lowest BCUT2D eigenvalue weighted by molar-refractivity contribution is -0.117. The number of anilines is 1. The van der Waals surface area contributed by atoms with E-state index in [4.69, 9.17) is 16.3 Å².